The van der Waals surface area contributed by atoms with E-state index < -0.39 is 0 Å². The molecular formula is C37H30INS. The average Bonchev–Trinajstić information content (AvgIpc) is 3.21. The van der Waals surface area contributed by atoms with E-state index in [9.17, 15) is 0 Å². The van der Waals surface area contributed by atoms with E-state index in [-0.39, 0.29) is 5.41 Å². The lowest BCUT2D eigenvalue weighted by molar-refractivity contribution is 0.662. The van der Waals surface area contributed by atoms with Gasteiger partial charge in [0, 0.05) is 15.9 Å². The lowest BCUT2D eigenvalue weighted by Gasteiger charge is -2.24. The first kappa shape index (κ1) is 26.8. The normalized spacial score (nSPS) is 13.6. The minimum Gasteiger partial charge on any atom is -0.242 e. The topological polar surface area (TPSA) is 12.4 Å². The summed E-state index contributed by atoms with van der Waals surface area (Å²) in [5, 5.41) is 0. The van der Waals surface area contributed by atoms with Crippen LogP contribution in [0, 0.1) is 6.92 Å². The van der Waals surface area contributed by atoms with E-state index in [0.29, 0.717) is 0 Å². The molecule has 196 valence electrons. The largest absolute Gasteiger partial charge is 0.242 e. The molecule has 0 heterocycles. The summed E-state index contributed by atoms with van der Waals surface area (Å²) < 4.78 is 0.919. The van der Waals surface area contributed by atoms with Crippen LogP contribution in [-0.4, -0.2) is 3.72 Å². The summed E-state index contributed by atoms with van der Waals surface area (Å²) in [5.74, 6) is 0. The molecule has 0 radical (unpaired) electrons. The number of hydrogen-bond donors (Lipinski definition) is 1. The first-order valence-electron chi connectivity index (χ1n) is 13.4. The molecule has 6 rings (SSSR count). The van der Waals surface area contributed by atoms with E-state index in [1.807, 2.05) is 12.1 Å². The Kier molecular flexibility index (Phi) is 7.05. The molecule has 3 heteroatoms. The van der Waals surface area contributed by atoms with Gasteiger partial charge in [0.25, 0.3) is 0 Å². The maximum absolute atomic E-state index is 4.92. The summed E-state index contributed by atoms with van der Waals surface area (Å²) in [7, 11) is 0. The van der Waals surface area contributed by atoms with Crippen LogP contribution in [0.5, 0.6) is 0 Å². The molecule has 1 nitrogen and oxygen atoms in total. The predicted octanol–water partition coefficient (Wildman–Crippen LogP) is 10.8. The molecule has 0 N–H and O–H groups in total. The maximum atomic E-state index is 4.92. The Morgan fingerprint density at radius 3 is 2.15 bits per heavy atom. The van der Waals surface area contributed by atoms with Crippen molar-refractivity contribution in [2.24, 2.45) is 4.99 Å². The zero-order valence-corrected chi connectivity index (χ0v) is 25.9. The molecule has 0 saturated heterocycles. The molecule has 0 spiro atoms. The Labute approximate surface area is 256 Å². The molecule has 40 heavy (non-hydrogen) atoms. The van der Waals surface area contributed by atoms with E-state index in [1.54, 1.807) is 0 Å². The van der Waals surface area contributed by atoms with E-state index in [4.69, 9.17) is 4.99 Å². The van der Waals surface area contributed by atoms with Crippen molar-refractivity contribution in [1.82, 2.24) is 0 Å². The standard InChI is InChI=1S/C37H30INS/c1-23-29(13-9-17-34(23)40)26-20-18-25(19-21-26)24(2)39-36(38)28-11-7-10-27(22-28)30-14-8-15-32-31-12-5-6-16-33(31)37(3,4)35(30)32/h5-22,40H,2H2,1,3-4H3/b39-36-. The molecule has 0 fully saturated rings. The van der Waals surface area contributed by atoms with E-state index in [1.165, 1.54) is 44.5 Å². The highest BCUT2D eigenvalue weighted by Crippen LogP contribution is 2.52. The van der Waals surface area contributed by atoms with Gasteiger partial charge in [0.05, 0.1) is 5.70 Å². The van der Waals surface area contributed by atoms with Crippen molar-refractivity contribution in [2.45, 2.75) is 31.1 Å². The first-order valence-corrected chi connectivity index (χ1v) is 14.9. The van der Waals surface area contributed by atoms with Crippen molar-refractivity contribution in [3.05, 3.63) is 144 Å². The third-order valence-electron chi connectivity index (χ3n) is 8.06. The number of aliphatic imine (C=N–C) groups is 1. The Bertz CT molecular complexity index is 1810. The number of fused-ring (bicyclic) bond motifs is 3. The van der Waals surface area contributed by atoms with Crippen molar-refractivity contribution in [1.29, 1.82) is 0 Å². The lowest BCUT2D eigenvalue weighted by atomic mass is 9.79. The Hall–Kier alpha value is -3.41. The van der Waals surface area contributed by atoms with Gasteiger partial charge in [0.1, 0.15) is 3.72 Å². The van der Waals surface area contributed by atoms with Crippen LogP contribution in [-0.2, 0) is 5.41 Å². The quantitative estimate of drug-likeness (QED) is 0.111. The minimum atomic E-state index is -0.0626. The fourth-order valence-electron chi connectivity index (χ4n) is 5.93. The third kappa shape index (κ3) is 4.65. The van der Waals surface area contributed by atoms with Gasteiger partial charge in [-0.1, -0.05) is 117 Å². The van der Waals surface area contributed by atoms with Crippen LogP contribution in [0.3, 0.4) is 0 Å². The number of rotatable bonds is 5. The molecule has 1 aliphatic rings. The van der Waals surface area contributed by atoms with Crippen LogP contribution in [0.2, 0.25) is 0 Å². The number of benzene rings is 5. The van der Waals surface area contributed by atoms with Crippen LogP contribution in [0.4, 0.5) is 0 Å². The SMILES string of the molecule is C=C(/N=C(\I)c1cccc(-c2cccc3c2C(C)(C)c2ccccc2-3)c1)c1ccc(-c2cccc(S)c2C)cc1. The van der Waals surface area contributed by atoms with Crippen LogP contribution in [0.1, 0.15) is 41.7 Å². The monoisotopic (exact) mass is 647 g/mol. The minimum absolute atomic E-state index is 0.0626. The van der Waals surface area contributed by atoms with Crippen molar-refractivity contribution >= 4 is 44.6 Å². The molecule has 0 aliphatic heterocycles. The van der Waals surface area contributed by atoms with Crippen molar-refractivity contribution in [2.75, 3.05) is 0 Å². The van der Waals surface area contributed by atoms with Gasteiger partial charge >= 0.3 is 0 Å². The van der Waals surface area contributed by atoms with Crippen LogP contribution < -0.4 is 0 Å². The predicted molar refractivity (Wildman–Crippen MR) is 183 cm³/mol. The summed E-state index contributed by atoms with van der Waals surface area (Å²) in [6.07, 6.45) is 0. The van der Waals surface area contributed by atoms with Crippen molar-refractivity contribution in [3.8, 4) is 33.4 Å². The highest BCUT2D eigenvalue weighted by molar-refractivity contribution is 14.1. The molecule has 1 aliphatic carbocycles. The molecule has 0 aromatic heterocycles. The zero-order valence-electron chi connectivity index (χ0n) is 22.9. The second-order valence-electron chi connectivity index (χ2n) is 10.9. The second kappa shape index (κ2) is 10.5. The number of hydrogen-bond acceptors (Lipinski definition) is 2. The smallest absolute Gasteiger partial charge is 0.109 e. The highest BCUT2D eigenvalue weighted by atomic mass is 127. The fourth-order valence-corrected chi connectivity index (χ4v) is 6.76. The first-order chi connectivity index (χ1) is 19.3. The summed E-state index contributed by atoms with van der Waals surface area (Å²) in [4.78, 5) is 5.92. The van der Waals surface area contributed by atoms with Gasteiger partial charge in [-0.25, -0.2) is 4.99 Å². The molecule has 0 amide bonds. The lowest BCUT2D eigenvalue weighted by Crippen LogP contribution is -2.16. The highest BCUT2D eigenvalue weighted by Gasteiger charge is 2.37. The van der Waals surface area contributed by atoms with Crippen molar-refractivity contribution < 1.29 is 0 Å². The summed E-state index contributed by atoms with van der Waals surface area (Å²) in [6, 6.07) is 38.9. The van der Waals surface area contributed by atoms with Gasteiger partial charge in [-0.2, -0.15) is 0 Å². The number of nitrogens with zero attached hydrogens (tertiary/aromatic N) is 1. The van der Waals surface area contributed by atoms with E-state index >= 15 is 0 Å². The fraction of sp³-hybridized carbons (Fsp3) is 0.108. The van der Waals surface area contributed by atoms with E-state index in [0.717, 1.165) is 31.0 Å². The van der Waals surface area contributed by atoms with Crippen LogP contribution >= 0.6 is 35.2 Å². The maximum Gasteiger partial charge on any atom is 0.109 e. The zero-order chi connectivity index (χ0) is 28.0. The van der Waals surface area contributed by atoms with Gasteiger partial charge in [0.15, 0.2) is 0 Å². The molecule has 5 aromatic rings. The molecule has 0 saturated carbocycles. The van der Waals surface area contributed by atoms with E-state index in [2.05, 4.69) is 160 Å². The Morgan fingerprint density at radius 1 is 0.700 bits per heavy atom. The third-order valence-corrected chi connectivity index (χ3v) is 9.41. The molecule has 0 unspecified atom stereocenters. The molecular weight excluding hydrogens is 617 g/mol. The molecule has 0 atom stereocenters. The Morgan fingerprint density at radius 2 is 1.35 bits per heavy atom. The second-order valence-corrected chi connectivity index (χ2v) is 12.4. The summed E-state index contributed by atoms with van der Waals surface area (Å²) in [5.41, 5.74) is 14.3. The van der Waals surface area contributed by atoms with Gasteiger partial charge < -0.3 is 0 Å². The molecule has 5 aromatic carbocycles. The van der Waals surface area contributed by atoms with Gasteiger partial charge in [0.2, 0.25) is 0 Å². The van der Waals surface area contributed by atoms with Crippen LogP contribution in [0.25, 0.3) is 39.1 Å². The summed E-state index contributed by atoms with van der Waals surface area (Å²) >= 11 is 6.91. The van der Waals surface area contributed by atoms with Gasteiger partial charge in [-0.15, -0.1) is 12.6 Å². The Balaban J connectivity index is 1.30. The van der Waals surface area contributed by atoms with Gasteiger partial charge in [-0.05, 0) is 97.3 Å². The van der Waals surface area contributed by atoms with Gasteiger partial charge in [-0.3, -0.25) is 0 Å². The number of thiol groups is 1. The number of halogens is 1. The average molecular weight is 648 g/mol. The van der Waals surface area contributed by atoms with Crippen molar-refractivity contribution in [3.63, 3.8) is 0 Å². The summed E-state index contributed by atoms with van der Waals surface area (Å²) in [6.45, 7) is 11.1. The van der Waals surface area contributed by atoms with Crippen LogP contribution in [0.15, 0.2) is 126 Å². The molecule has 0 bridgehead atoms.